The smallest absolute Gasteiger partial charge is 0.269 e. The molecule has 0 bridgehead atoms. The van der Waals surface area contributed by atoms with E-state index in [-0.39, 0.29) is 11.4 Å². The van der Waals surface area contributed by atoms with Crippen LogP contribution in [0.25, 0.3) is 0 Å². The summed E-state index contributed by atoms with van der Waals surface area (Å²) in [5.41, 5.74) is 0.111. The van der Waals surface area contributed by atoms with E-state index in [1.807, 2.05) is 0 Å². The minimum absolute atomic E-state index is 0.353. The largest absolute Gasteiger partial charge is 0.271 e. The molecule has 108 valence electrons. The van der Waals surface area contributed by atoms with Crippen LogP contribution in [0.15, 0.2) is 29.3 Å². The van der Waals surface area contributed by atoms with Gasteiger partial charge in [0.2, 0.25) is 0 Å². The third kappa shape index (κ3) is 2.01. The van der Waals surface area contributed by atoms with Crippen molar-refractivity contribution >= 4 is 23.2 Å². The zero-order valence-electron chi connectivity index (χ0n) is 11.0. The van der Waals surface area contributed by atoms with E-state index in [4.69, 9.17) is 0 Å². The van der Waals surface area contributed by atoms with Gasteiger partial charge in [-0.2, -0.15) is 0 Å². The second-order valence-electron chi connectivity index (χ2n) is 5.00. The maximum atomic E-state index is 13.9. The zero-order valence-corrected chi connectivity index (χ0v) is 11.0. The van der Waals surface area contributed by atoms with Crippen molar-refractivity contribution in [3.8, 4) is 0 Å². The third-order valence-corrected chi connectivity index (χ3v) is 3.77. The Hall–Kier alpha value is -2.57. The second-order valence-corrected chi connectivity index (χ2v) is 5.00. The number of carbonyl (C=O) groups excluding carboxylic acids is 2. The minimum Gasteiger partial charge on any atom is -0.269 e. The molecule has 21 heavy (non-hydrogen) atoms. The number of nitro benzene ring substituents is 1. The summed E-state index contributed by atoms with van der Waals surface area (Å²) in [5, 5.41) is 10.8. The molecule has 1 aliphatic carbocycles. The van der Waals surface area contributed by atoms with Crippen LogP contribution in [0.1, 0.15) is 25.7 Å². The minimum atomic E-state index is -0.831. The summed E-state index contributed by atoms with van der Waals surface area (Å²) in [6, 6.07) is 2.81. The molecule has 0 saturated heterocycles. The van der Waals surface area contributed by atoms with Crippen LogP contribution in [-0.2, 0) is 9.59 Å². The molecule has 7 heteroatoms. The van der Waals surface area contributed by atoms with E-state index in [1.54, 1.807) is 0 Å². The van der Waals surface area contributed by atoms with Crippen molar-refractivity contribution in [1.82, 2.24) is 0 Å². The Morgan fingerprint density at radius 3 is 2.19 bits per heavy atom. The van der Waals surface area contributed by atoms with Gasteiger partial charge in [-0.25, -0.2) is 9.29 Å². The summed E-state index contributed by atoms with van der Waals surface area (Å²) < 4.78 is 13.9. The number of non-ortho nitro benzene ring substituents is 1. The molecule has 1 aromatic rings. The first-order valence-corrected chi connectivity index (χ1v) is 6.55. The molecule has 2 amide bonds. The first-order chi connectivity index (χ1) is 10.0. The molecule has 2 aliphatic rings. The second kappa shape index (κ2) is 4.76. The molecule has 0 spiro atoms. The molecule has 0 N–H and O–H groups in total. The van der Waals surface area contributed by atoms with E-state index in [0.29, 0.717) is 24.0 Å². The van der Waals surface area contributed by atoms with Crippen LogP contribution in [0.5, 0.6) is 0 Å². The number of anilines is 1. The Kier molecular flexibility index (Phi) is 3.04. The van der Waals surface area contributed by atoms with E-state index in [1.165, 1.54) is 0 Å². The van der Waals surface area contributed by atoms with E-state index < -0.39 is 22.6 Å². The maximum Gasteiger partial charge on any atom is 0.271 e. The van der Waals surface area contributed by atoms with E-state index in [9.17, 15) is 24.1 Å². The summed E-state index contributed by atoms with van der Waals surface area (Å²) in [5.74, 6) is -1.95. The molecule has 1 aromatic carbocycles. The van der Waals surface area contributed by atoms with Crippen LogP contribution in [0.3, 0.4) is 0 Å². The van der Waals surface area contributed by atoms with Gasteiger partial charge in [-0.3, -0.25) is 19.7 Å². The normalized spacial score (nSPS) is 18.2. The summed E-state index contributed by atoms with van der Waals surface area (Å²) in [7, 11) is 0. The molecule has 6 nitrogen and oxygen atoms in total. The highest BCUT2D eigenvalue weighted by molar-refractivity contribution is 6.33. The van der Waals surface area contributed by atoms with E-state index >= 15 is 0 Å². The fourth-order valence-corrected chi connectivity index (χ4v) is 2.74. The van der Waals surface area contributed by atoms with Crippen LogP contribution in [0.2, 0.25) is 0 Å². The molecular formula is C14H11FN2O4. The lowest BCUT2D eigenvalue weighted by molar-refractivity contribution is -0.384. The van der Waals surface area contributed by atoms with Crippen LogP contribution < -0.4 is 4.90 Å². The lowest BCUT2D eigenvalue weighted by atomic mass is 9.93. The van der Waals surface area contributed by atoms with Gasteiger partial charge in [-0.05, 0) is 31.7 Å². The Morgan fingerprint density at radius 2 is 1.67 bits per heavy atom. The highest BCUT2D eigenvalue weighted by Crippen LogP contribution is 2.37. The maximum absolute atomic E-state index is 13.9. The Morgan fingerprint density at radius 1 is 1.10 bits per heavy atom. The van der Waals surface area contributed by atoms with Crippen molar-refractivity contribution in [2.45, 2.75) is 25.7 Å². The number of carbonyl (C=O) groups is 2. The fraction of sp³-hybridized carbons (Fsp3) is 0.286. The highest BCUT2D eigenvalue weighted by Gasteiger charge is 2.41. The van der Waals surface area contributed by atoms with Crippen LogP contribution in [0.4, 0.5) is 15.8 Å². The molecule has 0 aromatic heterocycles. The monoisotopic (exact) mass is 290 g/mol. The summed E-state index contributed by atoms with van der Waals surface area (Å²) >= 11 is 0. The average molecular weight is 290 g/mol. The number of benzene rings is 1. The van der Waals surface area contributed by atoms with Gasteiger partial charge in [-0.1, -0.05) is 0 Å². The first-order valence-electron chi connectivity index (χ1n) is 6.55. The number of nitrogens with zero attached hydrogens (tertiary/aromatic N) is 2. The van der Waals surface area contributed by atoms with E-state index in [2.05, 4.69) is 0 Å². The zero-order chi connectivity index (χ0) is 15.1. The molecule has 3 rings (SSSR count). The Bertz CT molecular complexity index is 683. The summed E-state index contributed by atoms with van der Waals surface area (Å²) in [6.45, 7) is 0. The van der Waals surface area contributed by atoms with Crippen molar-refractivity contribution in [1.29, 1.82) is 0 Å². The van der Waals surface area contributed by atoms with Crippen molar-refractivity contribution in [3.05, 3.63) is 45.3 Å². The molecule has 0 radical (unpaired) electrons. The number of hydrogen-bond acceptors (Lipinski definition) is 4. The van der Waals surface area contributed by atoms with Crippen LogP contribution in [-0.4, -0.2) is 16.7 Å². The fourth-order valence-electron chi connectivity index (χ4n) is 2.74. The number of amides is 2. The molecule has 0 unspecified atom stereocenters. The number of hydrogen-bond donors (Lipinski definition) is 0. The third-order valence-electron chi connectivity index (χ3n) is 3.77. The standard InChI is InChI=1S/C14H11FN2O4/c15-11-6-5-8(17(20)21)7-12(11)16-13(18)9-3-1-2-4-10(9)14(16)19/h5-7H,1-4H2. The molecule has 0 fully saturated rings. The van der Waals surface area contributed by atoms with Crippen molar-refractivity contribution in [2.24, 2.45) is 0 Å². The number of rotatable bonds is 2. The van der Waals surface area contributed by atoms with Crippen LogP contribution >= 0.6 is 0 Å². The summed E-state index contributed by atoms with van der Waals surface area (Å²) in [4.78, 5) is 35.4. The lowest BCUT2D eigenvalue weighted by Crippen LogP contribution is -2.32. The quantitative estimate of drug-likeness (QED) is 0.476. The molecule has 1 aliphatic heterocycles. The van der Waals surface area contributed by atoms with Gasteiger partial charge in [0, 0.05) is 23.3 Å². The van der Waals surface area contributed by atoms with Gasteiger partial charge in [0.15, 0.2) is 0 Å². The average Bonchev–Trinajstić information content (AvgIpc) is 2.72. The lowest BCUT2D eigenvalue weighted by Gasteiger charge is -2.15. The number of imide groups is 1. The van der Waals surface area contributed by atoms with Gasteiger partial charge >= 0.3 is 0 Å². The van der Waals surface area contributed by atoms with E-state index in [0.717, 1.165) is 35.9 Å². The Balaban J connectivity index is 2.06. The molecular weight excluding hydrogens is 279 g/mol. The van der Waals surface area contributed by atoms with Gasteiger partial charge < -0.3 is 0 Å². The summed E-state index contributed by atoms with van der Waals surface area (Å²) in [6.07, 6.45) is 2.60. The van der Waals surface area contributed by atoms with Gasteiger partial charge in [-0.15, -0.1) is 0 Å². The molecule has 0 saturated carbocycles. The first kappa shape index (κ1) is 13.4. The molecule has 0 atom stereocenters. The number of halogens is 1. The van der Waals surface area contributed by atoms with Crippen LogP contribution in [0, 0.1) is 15.9 Å². The molecule has 1 heterocycles. The van der Waals surface area contributed by atoms with Gasteiger partial charge in [0.25, 0.3) is 17.5 Å². The number of nitro groups is 1. The highest BCUT2D eigenvalue weighted by atomic mass is 19.1. The van der Waals surface area contributed by atoms with Gasteiger partial charge in [0.1, 0.15) is 5.82 Å². The van der Waals surface area contributed by atoms with Crippen molar-refractivity contribution in [2.75, 3.05) is 4.90 Å². The SMILES string of the molecule is O=C1C2=C(CCCC2)C(=O)N1c1cc([N+](=O)[O-])ccc1F. The topological polar surface area (TPSA) is 80.5 Å². The van der Waals surface area contributed by atoms with Gasteiger partial charge in [0.05, 0.1) is 10.6 Å². The Labute approximate surface area is 119 Å². The van der Waals surface area contributed by atoms with Crippen molar-refractivity contribution in [3.63, 3.8) is 0 Å². The van der Waals surface area contributed by atoms with Crippen molar-refractivity contribution < 1.29 is 18.9 Å². The predicted molar refractivity (Wildman–Crippen MR) is 71.0 cm³/mol. The predicted octanol–water partition coefficient (Wildman–Crippen LogP) is 2.48.